The Morgan fingerprint density at radius 3 is 2.60 bits per heavy atom. The molecule has 7 nitrogen and oxygen atoms in total. The average molecular weight is 341 g/mol. The van der Waals surface area contributed by atoms with E-state index in [-0.39, 0.29) is 17.9 Å². The van der Waals surface area contributed by atoms with Crippen molar-refractivity contribution in [2.75, 3.05) is 5.32 Å². The summed E-state index contributed by atoms with van der Waals surface area (Å²) in [4.78, 5) is 12.1. The Morgan fingerprint density at radius 2 is 2.00 bits per heavy atom. The molecule has 0 spiro atoms. The summed E-state index contributed by atoms with van der Waals surface area (Å²) >= 11 is 0. The van der Waals surface area contributed by atoms with Crippen LogP contribution in [-0.2, 0) is 0 Å². The highest BCUT2D eigenvalue weighted by atomic mass is 16.3. The summed E-state index contributed by atoms with van der Waals surface area (Å²) in [5.74, 6) is 0.226. The second kappa shape index (κ2) is 8.31. The lowest BCUT2D eigenvalue weighted by atomic mass is 10.0. The van der Waals surface area contributed by atoms with Gasteiger partial charge in [-0.1, -0.05) is 30.3 Å². The van der Waals surface area contributed by atoms with Gasteiger partial charge in [-0.25, -0.2) is 4.79 Å². The summed E-state index contributed by atoms with van der Waals surface area (Å²) < 4.78 is 1.62. The van der Waals surface area contributed by atoms with Crippen molar-refractivity contribution in [1.29, 1.82) is 5.26 Å². The molecule has 2 amide bonds. The van der Waals surface area contributed by atoms with Crippen LogP contribution in [-0.4, -0.2) is 27.0 Å². The van der Waals surface area contributed by atoms with Gasteiger partial charge in [-0.3, -0.25) is 10.00 Å². The highest BCUT2D eigenvalue weighted by Crippen LogP contribution is 2.18. The first-order chi connectivity index (χ1) is 11.9. The Hall–Kier alpha value is -2.85. The van der Waals surface area contributed by atoms with Crippen molar-refractivity contribution in [2.24, 2.45) is 0 Å². The molecular weight excluding hydrogens is 318 g/mol. The van der Waals surface area contributed by atoms with Crippen LogP contribution < -0.4 is 10.6 Å². The van der Waals surface area contributed by atoms with Crippen LogP contribution in [0.5, 0.6) is 0 Å². The molecule has 25 heavy (non-hydrogen) atoms. The summed E-state index contributed by atoms with van der Waals surface area (Å²) in [6.45, 7) is 5.68. The van der Waals surface area contributed by atoms with Crippen molar-refractivity contribution in [3.63, 3.8) is 0 Å². The summed E-state index contributed by atoms with van der Waals surface area (Å²) in [6.07, 6.45) is 1.32. The van der Waals surface area contributed by atoms with Crippen LogP contribution >= 0.6 is 0 Å². The summed E-state index contributed by atoms with van der Waals surface area (Å²) in [7, 11) is 0. The number of hydrogen-bond acceptors (Lipinski definition) is 4. The Balaban J connectivity index is 1.93. The topological polar surface area (TPSA) is 103 Å². The van der Waals surface area contributed by atoms with E-state index >= 15 is 0 Å². The van der Waals surface area contributed by atoms with Gasteiger partial charge in [0, 0.05) is 18.3 Å². The number of aliphatic hydroxyl groups excluding tert-OH is 1. The first kappa shape index (κ1) is 18.5. The first-order valence-corrected chi connectivity index (χ1v) is 8.20. The predicted octanol–water partition coefficient (Wildman–Crippen LogP) is 2.97. The third-order valence-electron chi connectivity index (χ3n) is 3.75. The van der Waals surface area contributed by atoms with Crippen LogP contribution in [0, 0.1) is 11.3 Å². The molecule has 132 valence electrons. The zero-order valence-electron chi connectivity index (χ0n) is 14.6. The molecule has 0 saturated carbocycles. The summed E-state index contributed by atoms with van der Waals surface area (Å²) in [5.41, 5.74) is 1.11. The summed E-state index contributed by atoms with van der Waals surface area (Å²) in [6, 6.07) is 10.7. The molecule has 7 heteroatoms. The van der Waals surface area contributed by atoms with Gasteiger partial charge in [0.1, 0.15) is 11.6 Å². The van der Waals surface area contributed by atoms with Crippen LogP contribution in [0.15, 0.2) is 36.5 Å². The Morgan fingerprint density at radius 1 is 1.32 bits per heavy atom. The van der Waals surface area contributed by atoms with Gasteiger partial charge in [-0.2, -0.15) is 10.4 Å². The number of aromatic nitrogens is 2. The maximum absolute atomic E-state index is 12.1. The van der Waals surface area contributed by atoms with E-state index in [1.807, 2.05) is 57.2 Å². The van der Waals surface area contributed by atoms with Crippen LogP contribution in [0.3, 0.4) is 0 Å². The number of carbonyl (C=O) groups excluding carboxylic acids is 1. The second-order valence-corrected chi connectivity index (χ2v) is 6.24. The van der Waals surface area contributed by atoms with Crippen LogP contribution in [0.4, 0.5) is 10.6 Å². The van der Waals surface area contributed by atoms with Crippen LogP contribution in [0.2, 0.25) is 0 Å². The minimum atomic E-state index is -0.661. The number of urea groups is 1. The largest absolute Gasteiger partial charge is 0.388 e. The Bertz CT molecular complexity index is 749. The molecule has 0 aliphatic heterocycles. The maximum atomic E-state index is 12.1. The number of anilines is 1. The van der Waals surface area contributed by atoms with Crippen molar-refractivity contribution < 1.29 is 9.90 Å². The average Bonchev–Trinajstić information content (AvgIpc) is 2.98. The molecule has 3 N–H and O–H groups in total. The third-order valence-corrected chi connectivity index (χ3v) is 3.75. The molecule has 1 aromatic carbocycles. The number of rotatable bonds is 6. The number of aliphatic hydroxyl groups is 1. The van der Waals surface area contributed by atoms with Gasteiger partial charge in [0.15, 0.2) is 5.82 Å². The fraction of sp³-hybridized carbons (Fsp3) is 0.389. The van der Waals surface area contributed by atoms with Gasteiger partial charge in [-0.15, -0.1) is 0 Å². The number of nitrogens with one attached hydrogen (secondary N) is 2. The van der Waals surface area contributed by atoms with E-state index in [0.29, 0.717) is 12.0 Å². The molecule has 1 heterocycles. The smallest absolute Gasteiger partial charge is 0.320 e. The first-order valence-electron chi connectivity index (χ1n) is 8.20. The van der Waals surface area contributed by atoms with Gasteiger partial charge >= 0.3 is 6.03 Å². The number of carbonyl (C=O) groups is 1. The molecular formula is C18H23N5O2. The van der Waals surface area contributed by atoms with Crippen molar-refractivity contribution in [3.05, 3.63) is 47.7 Å². The SMILES string of the molecule is CC(CC(O)c1ccccc1)NC(=O)Nc1nn(C(C)C)cc1C#N. The van der Waals surface area contributed by atoms with Crippen molar-refractivity contribution in [1.82, 2.24) is 15.1 Å². The molecule has 0 fully saturated rings. The minimum Gasteiger partial charge on any atom is -0.388 e. The van der Waals surface area contributed by atoms with E-state index in [2.05, 4.69) is 15.7 Å². The lowest BCUT2D eigenvalue weighted by Gasteiger charge is -2.18. The molecule has 0 bridgehead atoms. The fourth-order valence-corrected chi connectivity index (χ4v) is 2.40. The predicted molar refractivity (Wildman–Crippen MR) is 95.0 cm³/mol. The van der Waals surface area contributed by atoms with E-state index in [1.54, 1.807) is 10.9 Å². The van der Waals surface area contributed by atoms with Gasteiger partial charge in [-0.05, 0) is 32.8 Å². The highest BCUT2D eigenvalue weighted by Gasteiger charge is 2.17. The van der Waals surface area contributed by atoms with Crippen molar-refractivity contribution in [3.8, 4) is 6.07 Å². The molecule has 2 unspecified atom stereocenters. The van der Waals surface area contributed by atoms with Gasteiger partial charge in [0.05, 0.1) is 6.10 Å². The molecule has 2 atom stereocenters. The van der Waals surface area contributed by atoms with E-state index in [9.17, 15) is 9.90 Å². The zero-order valence-corrected chi connectivity index (χ0v) is 14.6. The fourth-order valence-electron chi connectivity index (χ4n) is 2.40. The molecule has 2 rings (SSSR count). The van der Waals surface area contributed by atoms with Gasteiger partial charge in [0.2, 0.25) is 0 Å². The molecule has 2 aromatic rings. The Labute approximate surface area is 147 Å². The normalized spacial score (nSPS) is 13.1. The van der Waals surface area contributed by atoms with E-state index in [4.69, 9.17) is 5.26 Å². The van der Waals surface area contributed by atoms with E-state index < -0.39 is 12.1 Å². The molecule has 0 aliphatic carbocycles. The van der Waals surface area contributed by atoms with Crippen molar-refractivity contribution >= 4 is 11.8 Å². The Kier molecular flexibility index (Phi) is 6.14. The zero-order chi connectivity index (χ0) is 18.4. The number of hydrogen-bond donors (Lipinski definition) is 3. The molecule has 0 radical (unpaired) electrons. The molecule has 0 saturated heterocycles. The minimum absolute atomic E-state index is 0.0886. The summed E-state index contributed by atoms with van der Waals surface area (Å²) in [5, 5.41) is 28.9. The third kappa shape index (κ3) is 5.06. The quantitative estimate of drug-likeness (QED) is 0.751. The maximum Gasteiger partial charge on any atom is 0.320 e. The number of nitriles is 1. The number of benzene rings is 1. The lowest BCUT2D eigenvalue weighted by Crippen LogP contribution is -2.37. The number of nitrogens with zero attached hydrogens (tertiary/aromatic N) is 3. The number of amides is 2. The van der Waals surface area contributed by atoms with Crippen LogP contribution in [0.1, 0.15) is 50.5 Å². The van der Waals surface area contributed by atoms with Gasteiger partial charge < -0.3 is 10.4 Å². The highest BCUT2D eigenvalue weighted by molar-refractivity contribution is 5.89. The second-order valence-electron chi connectivity index (χ2n) is 6.24. The lowest BCUT2D eigenvalue weighted by molar-refractivity contribution is 0.155. The standard InChI is InChI=1S/C18H23N5O2/c1-12(2)23-11-15(10-19)17(22-23)21-18(25)20-13(3)9-16(24)14-7-5-4-6-8-14/h4-8,11-13,16,24H,9H2,1-3H3,(H2,20,21,22,25). The molecule has 1 aromatic heterocycles. The monoisotopic (exact) mass is 341 g/mol. The molecule has 0 aliphatic rings. The van der Waals surface area contributed by atoms with E-state index in [1.165, 1.54) is 0 Å². The van der Waals surface area contributed by atoms with Crippen molar-refractivity contribution in [2.45, 2.75) is 45.4 Å². The van der Waals surface area contributed by atoms with Crippen LogP contribution in [0.25, 0.3) is 0 Å². The van der Waals surface area contributed by atoms with E-state index in [0.717, 1.165) is 5.56 Å². The van der Waals surface area contributed by atoms with Gasteiger partial charge in [0.25, 0.3) is 0 Å².